The molecule has 0 radical (unpaired) electrons. The molecule has 5 aliphatic rings. The number of carbonyl (C=O) groups excluding carboxylic acids is 1. The number of hydrogen-bond donors (Lipinski definition) is 0. The summed E-state index contributed by atoms with van der Waals surface area (Å²) >= 11 is 0. The fourth-order valence-corrected chi connectivity index (χ4v) is 6.69. The maximum absolute atomic E-state index is 13.5. The van der Waals surface area contributed by atoms with Crippen LogP contribution >= 0.6 is 0 Å². The lowest BCUT2D eigenvalue weighted by Gasteiger charge is -2.59. The molecule has 6 rings (SSSR count). The number of carbonyl (C=O) groups is 1. The smallest absolute Gasteiger partial charge is 0.340 e. The van der Waals surface area contributed by atoms with Crippen LogP contribution in [0.4, 0.5) is 0 Å². The molecule has 8 atom stereocenters. The third kappa shape index (κ3) is 4.47. The van der Waals surface area contributed by atoms with Gasteiger partial charge in [0.1, 0.15) is 0 Å². The van der Waals surface area contributed by atoms with Crippen molar-refractivity contribution < 1.29 is 43.0 Å². The molecule has 4 aliphatic heterocycles. The fraction of sp³-hybridized carbons (Fsp3) is 0.750. The second-order valence-electron chi connectivity index (χ2n) is 10.8. The fourth-order valence-electron chi connectivity index (χ4n) is 6.69. The summed E-state index contributed by atoms with van der Waals surface area (Å²) in [4.78, 5) is 25.5. The van der Waals surface area contributed by atoms with Crippen molar-refractivity contribution in [2.75, 3.05) is 19.8 Å². The number of fused-ring (bicyclic) bond motifs is 2. The summed E-state index contributed by atoms with van der Waals surface area (Å²) in [6, 6.07) is 3.27. The van der Waals surface area contributed by atoms with Crippen LogP contribution in [0.25, 0.3) is 0 Å². The van der Waals surface area contributed by atoms with Crippen LogP contribution in [0.15, 0.2) is 12.1 Å². The van der Waals surface area contributed by atoms with E-state index in [9.17, 15) is 4.79 Å². The van der Waals surface area contributed by atoms with Crippen molar-refractivity contribution in [2.24, 2.45) is 23.7 Å². The maximum Gasteiger partial charge on any atom is 0.340 e. The average molecular weight is 521 g/mol. The molecule has 1 saturated carbocycles. The number of benzene rings is 1. The second-order valence-corrected chi connectivity index (χ2v) is 10.8. The highest BCUT2D eigenvalue weighted by molar-refractivity contribution is 5.91. The van der Waals surface area contributed by atoms with Gasteiger partial charge in [-0.15, -0.1) is 0 Å². The SMILES string of the molecule is CCOc1cc(C(=O)O[C@@H]2O[C@@H]3O[C@@]4(C)CC[C@@H]5[C@H](C)CC[C@@H]([C@@H]2C)[C@@]35OO4)cc(OCC)c1OCC. The zero-order chi connectivity index (χ0) is 26.4. The normalized spacial score (nSPS) is 38.3. The molecule has 206 valence electrons. The lowest BCUT2D eigenvalue weighted by molar-refractivity contribution is -0.576. The molecule has 4 saturated heterocycles. The molecule has 1 aliphatic carbocycles. The van der Waals surface area contributed by atoms with Crippen LogP contribution in [-0.2, 0) is 24.0 Å². The van der Waals surface area contributed by atoms with Crippen LogP contribution in [0.1, 0.15) is 77.6 Å². The zero-order valence-corrected chi connectivity index (χ0v) is 22.7. The van der Waals surface area contributed by atoms with Crippen molar-refractivity contribution in [2.45, 2.75) is 91.2 Å². The molecule has 0 unspecified atom stereocenters. The molecule has 5 fully saturated rings. The van der Waals surface area contributed by atoms with E-state index in [0.29, 0.717) is 48.6 Å². The second kappa shape index (κ2) is 10.2. The molecule has 0 N–H and O–H groups in total. The largest absolute Gasteiger partial charge is 0.490 e. The molecule has 1 spiro atoms. The van der Waals surface area contributed by atoms with Crippen molar-refractivity contribution in [1.82, 2.24) is 0 Å². The predicted molar refractivity (Wildman–Crippen MR) is 132 cm³/mol. The molecule has 0 aromatic heterocycles. The van der Waals surface area contributed by atoms with Gasteiger partial charge in [0.25, 0.3) is 0 Å². The van der Waals surface area contributed by atoms with Crippen molar-refractivity contribution in [1.29, 1.82) is 0 Å². The summed E-state index contributed by atoms with van der Waals surface area (Å²) in [5.74, 6) is 0.573. The van der Waals surface area contributed by atoms with Crippen molar-refractivity contribution >= 4 is 5.97 Å². The van der Waals surface area contributed by atoms with E-state index in [1.54, 1.807) is 12.1 Å². The van der Waals surface area contributed by atoms with E-state index in [2.05, 4.69) is 13.8 Å². The van der Waals surface area contributed by atoms with E-state index in [0.717, 1.165) is 25.7 Å². The summed E-state index contributed by atoms with van der Waals surface area (Å²) in [5.41, 5.74) is -0.407. The Hall–Kier alpha value is -2.07. The van der Waals surface area contributed by atoms with Crippen LogP contribution < -0.4 is 14.2 Å². The van der Waals surface area contributed by atoms with Gasteiger partial charge >= 0.3 is 5.97 Å². The molecule has 9 nitrogen and oxygen atoms in total. The topological polar surface area (TPSA) is 90.9 Å². The third-order valence-electron chi connectivity index (χ3n) is 8.47. The lowest BCUT2D eigenvalue weighted by Crippen LogP contribution is -2.70. The Morgan fingerprint density at radius 1 is 0.946 bits per heavy atom. The Kier molecular flexibility index (Phi) is 7.35. The van der Waals surface area contributed by atoms with Crippen molar-refractivity contribution in [3.8, 4) is 17.2 Å². The standard InChI is InChI=1S/C28H40O9/c1-7-30-21-14-18(15-22(31-8-2)23(21)32-9-3)24(29)33-25-17(5)20-11-10-16(4)19-12-13-27(6)35-26(34-25)28(19,20)37-36-27/h14-17,19-20,25-26H,7-13H2,1-6H3/t16-,17+,19-,20+,25-,26-,27-,28-/m1/s1. The van der Waals surface area contributed by atoms with Crippen LogP contribution in [0.5, 0.6) is 17.2 Å². The summed E-state index contributed by atoms with van der Waals surface area (Å²) in [7, 11) is 0. The minimum atomic E-state index is -0.888. The van der Waals surface area contributed by atoms with Crippen LogP contribution in [-0.4, -0.2) is 49.8 Å². The van der Waals surface area contributed by atoms with E-state index in [4.69, 9.17) is 38.2 Å². The van der Waals surface area contributed by atoms with Crippen LogP contribution in [0.2, 0.25) is 0 Å². The summed E-state index contributed by atoms with van der Waals surface area (Å²) in [6.07, 6.45) is 2.18. The average Bonchev–Trinajstić information content (AvgIpc) is 3.10. The van der Waals surface area contributed by atoms with Gasteiger partial charge in [0.2, 0.25) is 17.8 Å². The third-order valence-corrected chi connectivity index (χ3v) is 8.47. The molecule has 1 aromatic rings. The molecule has 2 bridgehead atoms. The van der Waals surface area contributed by atoms with Gasteiger partial charge in [0.05, 0.1) is 25.4 Å². The predicted octanol–water partition coefficient (Wildman–Crippen LogP) is 5.25. The minimum absolute atomic E-state index is 0.0613. The van der Waals surface area contributed by atoms with Gasteiger partial charge in [-0.05, 0) is 70.9 Å². The first kappa shape index (κ1) is 26.5. The highest BCUT2D eigenvalue weighted by Crippen LogP contribution is 2.60. The number of ether oxygens (including phenoxy) is 6. The van der Waals surface area contributed by atoms with E-state index in [-0.39, 0.29) is 17.8 Å². The quantitative estimate of drug-likeness (QED) is 0.337. The van der Waals surface area contributed by atoms with Gasteiger partial charge in [-0.2, -0.15) is 0 Å². The first-order chi connectivity index (χ1) is 17.8. The summed E-state index contributed by atoms with van der Waals surface area (Å²) in [5, 5.41) is 0. The Bertz CT molecular complexity index is 971. The molecular formula is C28H40O9. The van der Waals surface area contributed by atoms with E-state index in [1.165, 1.54) is 0 Å². The maximum atomic E-state index is 13.5. The first-order valence-corrected chi connectivity index (χ1v) is 13.7. The van der Waals surface area contributed by atoms with Gasteiger partial charge < -0.3 is 28.4 Å². The molecular weight excluding hydrogens is 480 g/mol. The highest BCUT2D eigenvalue weighted by Gasteiger charge is 2.69. The molecule has 37 heavy (non-hydrogen) atoms. The van der Waals surface area contributed by atoms with E-state index < -0.39 is 29.9 Å². The molecule has 1 aromatic carbocycles. The Morgan fingerprint density at radius 3 is 2.27 bits per heavy atom. The molecule has 9 heteroatoms. The number of rotatable bonds is 8. The van der Waals surface area contributed by atoms with Crippen molar-refractivity contribution in [3.63, 3.8) is 0 Å². The number of esters is 1. The van der Waals surface area contributed by atoms with Gasteiger partial charge in [-0.1, -0.05) is 13.8 Å². The summed E-state index contributed by atoms with van der Waals surface area (Å²) < 4.78 is 36.1. The first-order valence-electron chi connectivity index (χ1n) is 13.7. The van der Waals surface area contributed by atoms with E-state index >= 15 is 0 Å². The number of hydrogen-bond acceptors (Lipinski definition) is 9. The van der Waals surface area contributed by atoms with Gasteiger partial charge in [0, 0.05) is 18.3 Å². The van der Waals surface area contributed by atoms with Gasteiger partial charge in [-0.3, -0.25) is 0 Å². The molecule has 0 amide bonds. The van der Waals surface area contributed by atoms with Crippen LogP contribution in [0.3, 0.4) is 0 Å². The van der Waals surface area contributed by atoms with Crippen LogP contribution in [0, 0.1) is 23.7 Å². The monoisotopic (exact) mass is 520 g/mol. The Labute approximate surface area is 218 Å². The Morgan fingerprint density at radius 2 is 1.62 bits per heavy atom. The Balaban J connectivity index is 1.43. The minimum Gasteiger partial charge on any atom is -0.490 e. The van der Waals surface area contributed by atoms with Gasteiger partial charge in [-0.25, -0.2) is 14.6 Å². The lowest BCUT2D eigenvalue weighted by atomic mass is 9.58. The van der Waals surface area contributed by atoms with E-state index in [1.807, 2.05) is 27.7 Å². The molecule has 4 heterocycles. The summed E-state index contributed by atoms with van der Waals surface area (Å²) in [6.45, 7) is 13.1. The zero-order valence-electron chi connectivity index (χ0n) is 22.7. The van der Waals surface area contributed by atoms with Gasteiger partial charge in [0.15, 0.2) is 23.4 Å². The van der Waals surface area contributed by atoms with Crippen molar-refractivity contribution in [3.05, 3.63) is 17.7 Å². The highest BCUT2D eigenvalue weighted by atomic mass is 17.3.